The molecule has 2 heterocycles. The monoisotopic (exact) mass is 345 g/mol. The second kappa shape index (κ2) is 7.62. The van der Waals surface area contributed by atoms with Gasteiger partial charge in [0, 0.05) is 55.0 Å². The number of hydrogen-bond acceptors (Lipinski definition) is 3. The first kappa shape index (κ1) is 16.7. The highest BCUT2D eigenvalue weighted by atomic mass is 35.5. The number of carbonyl (C=O) groups excluding carboxylic acids is 2. The number of hydrogen-bond donors (Lipinski definition) is 0. The van der Waals surface area contributed by atoms with Gasteiger partial charge in [-0.3, -0.25) is 9.59 Å². The van der Waals surface area contributed by atoms with Crippen molar-refractivity contribution in [1.82, 2.24) is 14.5 Å². The predicted octanol–water partition coefficient (Wildman–Crippen LogP) is 3.36. The van der Waals surface area contributed by atoms with E-state index < -0.39 is 0 Å². The summed E-state index contributed by atoms with van der Waals surface area (Å²) in [6, 6.07) is 7.19. The molecule has 0 atom stereocenters. The van der Waals surface area contributed by atoms with Crippen molar-refractivity contribution in [2.24, 2.45) is 0 Å². The van der Waals surface area contributed by atoms with Crippen molar-refractivity contribution in [1.29, 1.82) is 0 Å². The molecule has 1 aromatic carbocycles. The van der Waals surface area contributed by atoms with E-state index in [9.17, 15) is 9.59 Å². The zero-order valence-electron chi connectivity index (χ0n) is 13.4. The molecule has 1 aliphatic heterocycles. The fraction of sp³-hybridized carbons (Fsp3) is 0.389. The van der Waals surface area contributed by atoms with Gasteiger partial charge >= 0.3 is 0 Å². The van der Waals surface area contributed by atoms with E-state index in [1.807, 2.05) is 17.4 Å². The van der Waals surface area contributed by atoms with Crippen LogP contribution in [0.15, 0.2) is 43.0 Å². The van der Waals surface area contributed by atoms with Gasteiger partial charge in [0.25, 0.3) is 0 Å². The Morgan fingerprint density at radius 2 is 1.83 bits per heavy atom. The topological polar surface area (TPSA) is 55.2 Å². The molecular formula is C18H20ClN3O2. The van der Waals surface area contributed by atoms with Crippen LogP contribution in [0.3, 0.4) is 0 Å². The van der Waals surface area contributed by atoms with E-state index in [4.69, 9.17) is 11.6 Å². The highest BCUT2D eigenvalue weighted by molar-refractivity contribution is 6.30. The predicted molar refractivity (Wildman–Crippen MR) is 92.1 cm³/mol. The maximum absolute atomic E-state index is 12.3. The van der Waals surface area contributed by atoms with Crippen molar-refractivity contribution < 1.29 is 9.59 Å². The number of likely N-dealkylation sites (tertiary alicyclic amines) is 1. The van der Waals surface area contributed by atoms with Gasteiger partial charge < -0.3 is 9.47 Å². The number of rotatable bonds is 5. The number of ketones is 1. The summed E-state index contributed by atoms with van der Waals surface area (Å²) in [4.78, 5) is 30.4. The molecule has 1 amide bonds. The van der Waals surface area contributed by atoms with Gasteiger partial charge in [0.2, 0.25) is 5.91 Å². The van der Waals surface area contributed by atoms with Gasteiger partial charge in [0.05, 0.1) is 6.33 Å². The lowest BCUT2D eigenvalue weighted by atomic mass is 10.0. The molecule has 0 aliphatic carbocycles. The van der Waals surface area contributed by atoms with Gasteiger partial charge in [0.15, 0.2) is 5.78 Å². The van der Waals surface area contributed by atoms with Gasteiger partial charge in [-0.05, 0) is 37.1 Å². The van der Waals surface area contributed by atoms with Crippen molar-refractivity contribution in [3.63, 3.8) is 0 Å². The molecule has 24 heavy (non-hydrogen) atoms. The van der Waals surface area contributed by atoms with E-state index in [0.29, 0.717) is 16.6 Å². The van der Waals surface area contributed by atoms with Crippen molar-refractivity contribution in [2.75, 3.05) is 13.1 Å². The van der Waals surface area contributed by atoms with E-state index in [0.717, 1.165) is 25.9 Å². The summed E-state index contributed by atoms with van der Waals surface area (Å²) >= 11 is 5.82. The minimum absolute atomic E-state index is 0.0201. The van der Waals surface area contributed by atoms with Crippen LogP contribution in [0.1, 0.15) is 42.1 Å². The van der Waals surface area contributed by atoms with Crippen LogP contribution in [0.25, 0.3) is 0 Å². The normalized spacial score (nSPS) is 15.5. The summed E-state index contributed by atoms with van der Waals surface area (Å²) < 4.78 is 2.10. The van der Waals surface area contributed by atoms with Crippen LogP contribution in [0.2, 0.25) is 5.02 Å². The number of nitrogens with zero attached hydrogens (tertiary/aromatic N) is 3. The molecule has 5 nitrogen and oxygen atoms in total. The minimum atomic E-state index is -0.0201. The lowest BCUT2D eigenvalue weighted by Gasteiger charge is -2.32. The molecule has 6 heteroatoms. The van der Waals surface area contributed by atoms with Crippen LogP contribution in [-0.4, -0.2) is 39.2 Å². The van der Waals surface area contributed by atoms with Gasteiger partial charge in [0.1, 0.15) is 0 Å². The Morgan fingerprint density at radius 1 is 1.12 bits per heavy atom. The SMILES string of the molecule is O=C(CCC(=O)N1CCC(n2ccnc2)CC1)c1ccc(Cl)cc1. The molecule has 1 saturated heterocycles. The summed E-state index contributed by atoms with van der Waals surface area (Å²) in [7, 11) is 0. The van der Waals surface area contributed by atoms with Gasteiger partial charge in [-0.25, -0.2) is 4.98 Å². The number of halogens is 1. The number of imidazole rings is 1. The molecule has 0 saturated carbocycles. The number of aromatic nitrogens is 2. The number of piperidine rings is 1. The van der Waals surface area contributed by atoms with Crippen molar-refractivity contribution in [2.45, 2.75) is 31.7 Å². The molecule has 3 rings (SSSR count). The molecule has 0 radical (unpaired) electrons. The third kappa shape index (κ3) is 4.03. The first-order valence-electron chi connectivity index (χ1n) is 8.17. The van der Waals surface area contributed by atoms with Crippen LogP contribution in [0.4, 0.5) is 0 Å². The third-order valence-electron chi connectivity index (χ3n) is 4.50. The molecule has 1 aromatic heterocycles. The number of carbonyl (C=O) groups is 2. The van der Waals surface area contributed by atoms with Crippen LogP contribution in [0.5, 0.6) is 0 Å². The third-order valence-corrected chi connectivity index (χ3v) is 4.75. The molecule has 0 unspecified atom stereocenters. The zero-order valence-corrected chi connectivity index (χ0v) is 14.2. The average Bonchev–Trinajstić information content (AvgIpc) is 3.15. The molecule has 0 spiro atoms. The average molecular weight is 346 g/mol. The van der Waals surface area contributed by atoms with E-state index >= 15 is 0 Å². The Morgan fingerprint density at radius 3 is 2.46 bits per heavy atom. The van der Waals surface area contributed by atoms with Gasteiger partial charge in [-0.2, -0.15) is 0 Å². The summed E-state index contributed by atoms with van der Waals surface area (Å²) in [5.41, 5.74) is 0.603. The van der Waals surface area contributed by atoms with E-state index in [1.54, 1.807) is 30.5 Å². The molecule has 1 fully saturated rings. The van der Waals surface area contributed by atoms with Crippen LogP contribution < -0.4 is 0 Å². The molecule has 0 N–H and O–H groups in total. The summed E-state index contributed by atoms with van der Waals surface area (Å²) in [6.07, 6.45) is 7.92. The highest BCUT2D eigenvalue weighted by Gasteiger charge is 2.23. The van der Waals surface area contributed by atoms with Crippen LogP contribution >= 0.6 is 11.6 Å². The molecule has 0 bridgehead atoms. The summed E-state index contributed by atoms with van der Waals surface area (Å²) in [5, 5.41) is 0.600. The smallest absolute Gasteiger partial charge is 0.223 e. The quantitative estimate of drug-likeness (QED) is 0.781. The summed E-state index contributed by atoms with van der Waals surface area (Å²) in [6.45, 7) is 1.47. The van der Waals surface area contributed by atoms with Gasteiger partial charge in [-0.1, -0.05) is 11.6 Å². The Bertz CT molecular complexity index is 690. The minimum Gasteiger partial charge on any atom is -0.343 e. The number of benzene rings is 1. The standard InChI is InChI=1S/C18H20ClN3O2/c19-15-3-1-14(2-4-15)17(23)5-6-18(24)21-10-7-16(8-11-21)22-12-9-20-13-22/h1-4,9,12-13,16H,5-8,10-11H2. The largest absolute Gasteiger partial charge is 0.343 e. The van der Waals surface area contributed by atoms with Gasteiger partial charge in [-0.15, -0.1) is 0 Å². The fourth-order valence-electron chi connectivity index (χ4n) is 3.06. The fourth-order valence-corrected chi connectivity index (χ4v) is 3.18. The lowest BCUT2D eigenvalue weighted by Crippen LogP contribution is -2.39. The molecular weight excluding hydrogens is 326 g/mol. The number of Topliss-reactive ketones (excluding diaryl/α,β-unsaturated/α-hetero) is 1. The summed E-state index contributed by atoms with van der Waals surface area (Å²) in [5.74, 6) is 0.0368. The lowest BCUT2D eigenvalue weighted by molar-refractivity contribution is -0.132. The first-order valence-corrected chi connectivity index (χ1v) is 8.55. The van der Waals surface area contributed by atoms with Crippen molar-refractivity contribution in [3.8, 4) is 0 Å². The van der Waals surface area contributed by atoms with E-state index in [1.165, 1.54) is 0 Å². The van der Waals surface area contributed by atoms with Crippen LogP contribution in [0, 0.1) is 0 Å². The maximum Gasteiger partial charge on any atom is 0.223 e. The number of amides is 1. The molecule has 2 aromatic rings. The second-order valence-electron chi connectivity index (χ2n) is 6.05. The van der Waals surface area contributed by atoms with Crippen LogP contribution in [-0.2, 0) is 4.79 Å². The van der Waals surface area contributed by atoms with Crippen molar-refractivity contribution >= 4 is 23.3 Å². The Hall–Kier alpha value is -2.14. The maximum atomic E-state index is 12.3. The Kier molecular flexibility index (Phi) is 5.30. The first-order chi connectivity index (χ1) is 11.6. The Balaban J connectivity index is 1.46. The molecule has 1 aliphatic rings. The van der Waals surface area contributed by atoms with Crippen molar-refractivity contribution in [3.05, 3.63) is 53.6 Å². The zero-order chi connectivity index (χ0) is 16.9. The van der Waals surface area contributed by atoms with E-state index in [2.05, 4.69) is 9.55 Å². The highest BCUT2D eigenvalue weighted by Crippen LogP contribution is 2.22. The second-order valence-corrected chi connectivity index (χ2v) is 6.49. The van der Waals surface area contributed by atoms with E-state index in [-0.39, 0.29) is 24.5 Å². The molecule has 126 valence electrons. The Labute approximate surface area is 146 Å².